The minimum atomic E-state index is -4.39. The number of carbonyl (C=O) groups is 2. The normalized spacial score (nSPS) is 15.1. The van der Waals surface area contributed by atoms with Crippen LogP contribution >= 0.6 is 31.9 Å². The summed E-state index contributed by atoms with van der Waals surface area (Å²) in [4.78, 5) is 24.5. The molecule has 2 heterocycles. The Morgan fingerprint density at radius 3 is 2.03 bits per heavy atom. The average molecular weight is 594 g/mol. The number of amides is 2. The van der Waals surface area contributed by atoms with Gasteiger partial charge in [-0.1, -0.05) is 31.9 Å². The minimum Gasteiger partial charge on any atom is -0.496 e. The van der Waals surface area contributed by atoms with Crippen LogP contribution in [0.2, 0.25) is 0 Å². The highest BCUT2D eigenvalue weighted by Gasteiger charge is 2.37. The molecule has 11 heteroatoms. The molecule has 0 unspecified atom stereocenters. The van der Waals surface area contributed by atoms with Gasteiger partial charge in [0.25, 0.3) is 11.8 Å². The number of ether oxygens (including phenoxy) is 2. The summed E-state index contributed by atoms with van der Waals surface area (Å²) in [5.41, 5.74) is 2.64. The molecule has 0 saturated heterocycles. The molecule has 0 saturated carbocycles. The molecule has 0 atom stereocenters. The van der Waals surface area contributed by atoms with E-state index in [-0.39, 0.29) is 18.0 Å². The lowest BCUT2D eigenvalue weighted by molar-refractivity contribution is -0.141. The molecular formula is C22H21Br2F3N2O4. The van der Waals surface area contributed by atoms with Gasteiger partial charge in [0.15, 0.2) is 0 Å². The van der Waals surface area contributed by atoms with Crippen molar-refractivity contribution in [3.63, 3.8) is 0 Å². The zero-order valence-electron chi connectivity index (χ0n) is 17.8. The molecule has 0 fully saturated rings. The maximum Gasteiger partial charge on any atom is 0.406 e. The van der Waals surface area contributed by atoms with Crippen LogP contribution in [-0.4, -0.2) is 56.7 Å². The molecule has 2 aliphatic heterocycles. The third-order valence-electron chi connectivity index (χ3n) is 5.17. The van der Waals surface area contributed by atoms with E-state index < -0.39 is 18.6 Å². The molecule has 2 aromatic carbocycles. The summed E-state index contributed by atoms with van der Waals surface area (Å²) in [6.07, 6.45) is -3.15. The Bertz CT molecular complexity index is 1040. The second-order valence-corrected chi connectivity index (χ2v) is 9.21. The molecule has 4 rings (SSSR count). The number of nitrogens with one attached hydrogen (secondary N) is 1. The van der Waals surface area contributed by atoms with Gasteiger partial charge in [0.1, 0.15) is 18.0 Å². The van der Waals surface area contributed by atoms with Crippen LogP contribution in [0.5, 0.6) is 11.5 Å². The average Bonchev–Trinajstić information content (AvgIpc) is 2.74. The molecule has 2 aliphatic rings. The topological polar surface area (TPSA) is 67.9 Å². The van der Waals surface area contributed by atoms with Gasteiger partial charge in [-0.15, -0.1) is 0 Å². The first-order valence-electron chi connectivity index (χ1n) is 9.91. The standard InChI is InChI=1S/C12H11BrF3NO2.C10H10BrNO2/c1-19-9-5-8(13)4-7-2-3-17(6-12(14,15)16)11(18)10(7)9;1-14-8-5-7(11)4-6-2-3-12-10(13)9(6)8/h4-5H,2-3,6H2,1H3;4-5H,2-3H2,1H3,(H,12,13). The first kappa shape index (κ1) is 25.4. The molecule has 2 aromatic rings. The van der Waals surface area contributed by atoms with Gasteiger partial charge in [0.05, 0.1) is 25.3 Å². The lowest BCUT2D eigenvalue weighted by Gasteiger charge is -2.30. The van der Waals surface area contributed by atoms with Gasteiger partial charge in [0, 0.05) is 22.0 Å². The van der Waals surface area contributed by atoms with Crippen molar-refractivity contribution in [2.75, 3.05) is 33.9 Å². The van der Waals surface area contributed by atoms with E-state index in [9.17, 15) is 22.8 Å². The summed E-state index contributed by atoms with van der Waals surface area (Å²) in [6, 6.07) is 7.09. The fourth-order valence-corrected chi connectivity index (χ4v) is 4.74. The third-order valence-corrected chi connectivity index (χ3v) is 6.08. The molecule has 0 aromatic heterocycles. The quantitative estimate of drug-likeness (QED) is 0.557. The van der Waals surface area contributed by atoms with Gasteiger partial charge in [-0.3, -0.25) is 9.59 Å². The fraction of sp³-hybridized carbons (Fsp3) is 0.364. The van der Waals surface area contributed by atoms with Crippen LogP contribution in [0.1, 0.15) is 31.8 Å². The van der Waals surface area contributed by atoms with Crippen LogP contribution in [0, 0.1) is 0 Å². The van der Waals surface area contributed by atoms with Crippen molar-refractivity contribution in [3.05, 3.63) is 55.5 Å². The van der Waals surface area contributed by atoms with Crippen LogP contribution in [0.4, 0.5) is 13.2 Å². The Labute approximate surface area is 205 Å². The van der Waals surface area contributed by atoms with Crippen LogP contribution < -0.4 is 14.8 Å². The molecule has 178 valence electrons. The zero-order valence-corrected chi connectivity index (χ0v) is 21.0. The molecule has 33 heavy (non-hydrogen) atoms. The van der Waals surface area contributed by atoms with Crippen LogP contribution in [0.3, 0.4) is 0 Å². The third kappa shape index (κ3) is 6.00. The highest BCUT2D eigenvalue weighted by molar-refractivity contribution is 9.10. The van der Waals surface area contributed by atoms with Gasteiger partial charge in [-0.25, -0.2) is 0 Å². The lowest BCUT2D eigenvalue weighted by atomic mass is 9.98. The van der Waals surface area contributed by atoms with Crippen molar-refractivity contribution in [3.8, 4) is 11.5 Å². The Hall–Kier alpha value is -2.27. The molecule has 1 N–H and O–H groups in total. The molecule has 0 bridgehead atoms. The number of rotatable bonds is 3. The largest absolute Gasteiger partial charge is 0.496 e. The van der Waals surface area contributed by atoms with Crippen LogP contribution in [0.15, 0.2) is 33.2 Å². The second-order valence-electron chi connectivity index (χ2n) is 7.38. The van der Waals surface area contributed by atoms with Crippen molar-refractivity contribution in [1.29, 1.82) is 0 Å². The summed E-state index contributed by atoms with van der Waals surface area (Å²) in [7, 11) is 2.96. The molecule has 0 aliphatic carbocycles. The number of alkyl halides is 3. The maximum atomic E-state index is 12.4. The molecule has 0 spiro atoms. The molecule has 2 amide bonds. The minimum absolute atomic E-state index is 0.0457. The Kier molecular flexibility index (Phi) is 7.94. The van der Waals surface area contributed by atoms with Gasteiger partial charge in [-0.2, -0.15) is 13.2 Å². The number of hydrogen-bond acceptors (Lipinski definition) is 4. The monoisotopic (exact) mass is 592 g/mol. The highest BCUT2D eigenvalue weighted by Crippen LogP contribution is 2.33. The molecule has 0 radical (unpaired) electrons. The number of hydrogen-bond donors (Lipinski definition) is 1. The van der Waals surface area contributed by atoms with E-state index in [1.807, 2.05) is 12.1 Å². The number of nitrogens with zero attached hydrogens (tertiary/aromatic N) is 1. The van der Waals surface area contributed by atoms with E-state index >= 15 is 0 Å². The highest BCUT2D eigenvalue weighted by atomic mass is 79.9. The van der Waals surface area contributed by atoms with Crippen LogP contribution in [0.25, 0.3) is 0 Å². The number of fused-ring (bicyclic) bond motifs is 2. The van der Waals surface area contributed by atoms with E-state index in [1.54, 1.807) is 19.2 Å². The number of benzene rings is 2. The lowest BCUT2D eigenvalue weighted by Crippen LogP contribution is -2.43. The summed E-state index contributed by atoms with van der Waals surface area (Å²) < 4.78 is 49.2. The van der Waals surface area contributed by atoms with E-state index in [0.29, 0.717) is 35.6 Å². The van der Waals surface area contributed by atoms with Crippen molar-refractivity contribution >= 4 is 43.7 Å². The van der Waals surface area contributed by atoms with Crippen molar-refractivity contribution in [2.45, 2.75) is 19.0 Å². The van der Waals surface area contributed by atoms with Crippen molar-refractivity contribution in [1.82, 2.24) is 10.2 Å². The van der Waals surface area contributed by atoms with Gasteiger partial charge >= 0.3 is 6.18 Å². The van der Waals surface area contributed by atoms with Crippen LogP contribution in [-0.2, 0) is 12.8 Å². The first-order valence-corrected chi connectivity index (χ1v) is 11.5. The first-order chi connectivity index (χ1) is 15.5. The Morgan fingerprint density at radius 1 is 0.939 bits per heavy atom. The van der Waals surface area contributed by atoms with Crippen molar-refractivity contribution < 1.29 is 32.2 Å². The Morgan fingerprint density at radius 2 is 1.48 bits per heavy atom. The summed E-state index contributed by atoms with van der Waals surface area (Å²) in [6.45, 7) is -0.471. The number of carbonyl (C=O) groups excluding carboxylic acids is 2. The second kappa shape index (κ2) is 10.3. The zero-order chi connectivity index (χ0) is 24.3. The van der Waals surface area contributed by atoms with Gasteiger partial charge in [-0.05, 0) is 48.2 Å². The molecule has 6 nitrogen and oxygen atoms in total. The maximum absolute atomic E-state index is 12.4. The fourth-order valence-electron chi connectivity index (χ4n) is 3.77. The smallest absolute Gasteiger partial charge is 0.406 e. The summed E-state index contributed by atoms with van der Waals surface area (Å²) >= 11 is 6.67. The van der Waals surface area contributed by atoms with E-state index in [0.717, 1.165) is 25.8 Å². The number of methoxy groups -OCH3 is 2. The Balaban J connectivity index is 0.000000194. The van der Waals surface area contributed by atoms with Gasteiger partial charge in [0.2, 0.25) is 0 Å². The van der Waals surface area contributed by atoms with E-state index in [2.05, 4.69) is 37.2 Å². The predicted molar refractivity (Wildman–Crippen MR) is 123 cm³/mol. The number of halogens is 5. The summed E-state index contributed by atoms with van der Waals surface area (Å²) in [5, 5.41) is 2.80. The SMILES string of the molecule is COc1cc(Br)cc2c1C(=O)N(CC(F)(F)F)CC2.COc1cc(Br)cc2c1C(=O)NCC2. The predicted octanol–water partition coefficient (Wildman–Crippen LogP) is 4.76. The van der Waals surface area contributed by atoms with Gasteiger partial charge < -0.3 is 19.7 Å². The summed E-state index contributed by atoms with van der Waals surface area (Å²) in [5.74, 6) is 0.242. The molecular weight excluding hydrogens is 573 g/mol. The van der Waals surface area contributed by atoms with Crippen molar-refractivity contribution in [2.24, 2.45) is 0 Å². The van der Waals surface area contributed by atoms with E-state index in [1.165, 1.54) is 7.11 Å². The van der Waals surface area contributed by atoms with E-state index in [4.69, 9.17) is 9.47 Å².